The predicted molar refractivity (Wildman–Crippen MR) is 73.2 cm³/mol. The first-order valence-corrected chi connectivity index (χ1v) is 8.91. The third-order valence-corrected chi connectivity index (χ3v) is 4.53. The van der Waals surface area contributed by atoms with Gasteiger partial charge in [-0.2, -0.15) is 11.8 Å². The van der Waals surface area contributed by atoms with E-state index in [1.54, 1.807) is 6.26 Å². The van der Waals surface area contributed by atoms with E-state index in [1.165, 1.54) is 6.26 Å². The maximum absolute atomic E-state index is 11.2. The number of thioether (sulfide) groups is 1. The molecule has 0 aromatic carbocycles. The molecule has 2 heterocycles. The zero-order chi connectivity index (χ0) is 13.0. The molecule has 0 aliphatic carbocycles. The molecule has 1 unspecified atom stereocenters. The standard InChI is InChI=1S/C11H18N2O3S2/c1-18(14,15)12-9-10(11-3-2-6-16-11)13-4-7-17-8-5-13/h2-3,6,10,12H,4-5,7-9H2,1H3. The molecule has 0 saturated carbocycles. The van der Waals surface area contributed by atoms with Crippen molar-refractivity contribution in [3.8, 4) is 0 Å². The number of rotatable bonds is 5. The van der Waals surface area contributed by atoms with E-state index in [4.69, 9.17) is 4.42 Å². The van der Waals surface area contributed by atoms with Gasteiger partial charge in [-0.3, -0.25) is 4.90 Å². The van der Waals surface area contributed by atoms with Crippen LogP contribution in [0.15, 0.2) is 22.8 Å². The largest absolute Gasteiger partial charge is 0.468 e. The fraction of sp³-hybridized carbons (Fsp3) is 0.636. The van der Waals surface area contributed by atoms with Gasteiger partial charge in [-0.25, -0.2) is 13.1 Å². The Balaban J connectivity index is 2.07. The Morgan fingerprint density at radius 1 is 1.50 bits per heavy atom. The Kier molecular flexibility index (Phi) is 4.71. The molecule has 1 fully saturated rings. The van der Waals surface area contributed by atoms with Crippen molar-refractivity contribution < 1.29 is 12.8 Å². The number of furan rings is 1. The van der Waals surface area contributed by atoms with Crippen LogP contribution in [0.1, 0.15) is 11.8 Å². The van der Waals surface area contributed by atoms with Crippen molar-refractivity contribution in [2.24, 2.45) is 0 Å². The normalized spacial score (nSPS) is 19.8. The van der Waals surface area contributed by atoms with Crippen LogP contribution in [0.2, 0.25) is 0 Å². The molecule has 2 rings (SSSR count). The predicted octanol–water partition coefficient (Wildman–Crippen LogP) is 0.919. The van der Waals surface area contributed by atoms with Gasteiger partial charge in [-0.15, -0.1) is 0 Å². The van der Waals surface area contributed by atoms with Crippen LogP contribution in [0.4, 0.5) is 0 Å². The molecule has 5 nitrogen and oxygen atoms in total. The number of nitrogens with zero attached hydrogens (tertiary/aromatic N) is 1. The summed E-state index contributed by atoms with van der Waals surface area (Å²) in [5, 5.41) is 0. The summed E-state index contributed by atoms with van der Waals surface area (Å²) in [4.78, 5) is 2.27. The third kappa shape index (κ3) is 4.01. The lowest BCUT2D eigenvalue weighted by atomic mass is 10.2. The molecule has 1 aliphatic heterocycles. The Hall–Kier alpha value is -0.500. The van der Waals surface area contributed by atoms with Crippen molar-refractivity contribution >= 4 is 21.8 Å². The van der Waals surface area contributed by atoms with E-state index < -0.39 is 10.0 Å². The first kappa shape index (κ1) is 13.9. The van der Waals surface area contributed by atoms with E-state index in [0.29, 0.717) is 6.54 Å². The van der Waals surface area contributed by atoms with Gasteiger partial charge in [0, 0.05) is 31.1 Å². The van der Waals surface area contributed by atoms with Gasteiger partial charge in [-0.05, 0) is 12.1 Å². The lowest BCUT2D eigenvalue weighted by Crippen LogP contribution is -2.41. The second-order valence-electron chi connectivity index (χ2n) is 4.30. The Labute approximate surface area is 112 Å². The van der Waals surface area contributed by atoms with Crippen molar-refractivity contribution in [1.82, 2.24) is 9.62 Å². The lowest BCUT2D eigenvalue weighted by Gasteiger charge is -2.33. The first-order valence-electron chi connectivity index (χ1n) is 5.86. The molecule has 1 aromatic rings. The van der Waals surface area contributed by atoms with E-state index in [2.05, 4.69) is 9.62 Å². The Bertz CT molecular complexity index is 453. The molecule has 0 radical (unpaired) electrons. The Morgan fingerprint density at radius 3 is 2.78 bits per heavy atom. The summed E-state index contributed by atoms with van der Waals surface area (Å²) in [5.41, 5.74) is 0. The van der Waals surface area contributed by atoms with E-state index in [9.17, 15) is 8.42 Å². The highest BCUT2D eigenvalue weighted by atomic mass is 32.2. The average Bonchev–Trinajstić information content (AvgIpc) is 2.83. The van der Waals surface area contributed by atoms with Gasteiger partial charge < -0.3 is 4.42 Å². The first-order chi connectivity index (χ1) is 8.56. The van der Waals surface area contributed by atoms with Gasteiger partial charge in [0.25, 0.3) is 0 Å². The molecular formula is C11H18N2O3S2. The van der Waals surface area contributed by atoms with Crippen LogP contribution in [-0.4, -0.2) is 50.7 Å². The quantitative estimate of drug-likeness (QED) is 0.873. The third-order valence-electron chi connectivity index (χ3n) is 2.90. The zero-order valence-electron chi connectivity index (χ0n) is 10.3. The molecule has 7 heteroatoms. The van der Waals surface area contributed by atoms with E-state index in [0.717, 1.165) is 30.4 Å². The minimum absolute atomic E-state index is 0.0179. The minimum atomic E-state index is -3.17. The summed E-state index contributed by atoms with van der Waals surface area (Å²) in [6.45, 7) is 2.28. The van der Waals surface area contributed by atoms with Crippen LogP contribution in [-0.2, 0) is 10.0 Å². The van der Waals surface area contributed by atoms with Gasteiger partial charge in [0.1, 0.15) is 5.76 Å². The van der Waals surface area contributed by atoms with Crippen molar-refractivity contribution in [1.29, 1.82) is 0 Å². The second-order valence-corrected chi connectivity index (χ2v) is 7.36. The van der Waals surface area contributed by atoms with E-state index in [1.807, 2.05) is 23.9 Å². The van der Waals surface area contributed by atoms with Crippen molar-refractivity contribution in [3.05, 3.63) is 24.2 Å². The summed E-state index contributed by atoms with van der Waals surface area (Å²) in [5.74, 6) is 2.98. The topological polar surface area (TPSA) is 62.6 Å². The van der Waals surface area contributed by atoms with Crippen LogP contribution in [0.5, 0.6) is 0 Å². The molecule has 0 spiro atoms. The lowest BCUT2D eigenvalue weighted by molar-refractivity contribution is 0.193. The van der Waals surface area contributed by atoms with Crippen molar-refractivity contribution in [2.75, 3.05) is 37.4 Å². The summed E-state index contributed by atoms with van der Waals surface area (Å²) in [6.07, 6.45) is 2.81. The monoisotopic (exact) mass is 290 g/mol. The molecule has 0 bridgehead atoms. The van der Waals surface area contributed by atoms with Gasteiger partial charge in [-0.1, -0.05) is 0 Å². The number of sulfonamides is 1. The molecule has 1 atom stereocenters. The average molecular weight is 290 g/mol. The van der Waals surface area contributed by atoms with Crippen molar-refractivity contribution in [2.45, 2.75) is 6.04 Å². The molecule has 18 heavy (non-hydrogen) atoms. The van der Waals surface area contributed by atoms with Crippen LogP contribution in [0.3, 0.4) is 0 Å². The number of nitrogens with one attached hydrogen (secondary N) is 1. The zero-order valence-corrected chi connectivity index (χ0v) is 12.0. The highest BCUT2D eigenvalue weighted by Gasteiger charge is 2.25. The highest BCUT2D eigenvalue weighted by molar-refractivity contribution is 7.99. The van der Waals surface area contributed by atoms with Crippen LogP contribution < -0.4 is 4.72 Å². The number of hydrogen-bond donors (Lipinski definition) is 1. The second kappa shape index (κ2) is 6.10. The summed E-state index contributed by atoms with van der Waals surface area (Å²) in [6, 6.07) is 3.72. The molecule has 0 amide bonds. The molecule has 1 aliphatic rings. The maximum atomic E-state index is 11.2. The maximum Gasteiger partial charge on any atom is 0.208 e. The summed E-state index contributed by atoms with van der Waals surface area (Å²) >= 11 is 1.93. The molecular weight excluding hydrogens is 272 g/mol. The van der Waals surface area contributed by atoms with Gasteiger partial charge >= 0.3 is 0 Å². The van der Waals surface area contributed by atoms with Gasteiger partial charge in [0.2, 0.25) is 10.0 Å². The van der Waals surface area contributed by atoms with Crippen LogP contribution in [0.25, 0.3) is 0 Å². The SMILES string of the molecule is CS(=O)(=O)NCC(c1ccco1)N1CCSCC1. The smallest absolute Gasteiger partial charge is 0.208 e. The summed E-state index contributed by atoms with van der Waals surface area (Å²) in [7, 11) is -3.17. The van der Waals surface area contributed by atoms with Gasteiger partial charge in [0.05, 0.1) is 18.6 Å². The molecule has 1 N–H and O–H groups in total. The summed E-state index contributed by atoms with van der Waals surface area (Å²) < 4.78 is 30.4. The Morgan fingerprint density at radius 2 is 2.22 bits per heavy atom. The number of hydrogen-bond acceptors (Lipinski definition) is 5. The fourth-order valence-electron chi connectivity index (χ4n) is 2.01. The molecule has 102 valence electrons. The van der Waals surface area contributed by atoms with Crippen molar-refractivity contribution in [3.63, 3.8) is 0 Å². The fourth-order valence-corrected chi connectivity index (χ4v) is 3.40. The highest BCUT2D eigenvalue weighted by Crippen LogP contribution is 2.24. The molecule has 1 aromatic heterocycles. The minimum Gasteiger partial charge on any atom is -0.468 e. The van der Waals surface area contributed by atoms with Crippen LogP contribution in [0, 0.1) is 0 Å². The molecule has 1 saturated heterocycles. The van der Waals surface area contributed by atoms with E-state index in [-0.39, 0.29) is 6.04 Å². The van der Waals surface area contributed by atoms with E-state index >= 15 is 0 Å². The van der Waals surface area contributed by atoms with Gasteiger partial charge in [0.15, 0.2) is 0 Å². The van der Waals surface area contributed by atoms with Crippen LogP contribution >= 0.6 is 11.8 Å².